The standard InChI is InChI=1S/C28H23N9O3/c1-39-23-11-8-20(15-24(23)40-2)32-27-25-22(16-29-36-25)34-26(35-27)17-4-3-5-18(14-17)28(38)33-19-6-9-21(10-7-19)37-30-12-13-31-37/h3-16H,1-2H3,(H,29,36)(H,33,38)(H,32,34,35). The first-order chi connectivity index (χ1) is 19.6. The second kappa shape index (κ2) is 10.5. The molecule has 0 fully saturated rings. The van der Waals surface area contributed by atoms with Gasteiger partial charge >= 0.3 is 0 Å². The van der Waals surface area contributed by atoms with E-state index >= 15 is 0 Å². The number of fused-ring (bicyclic) bond motifs is 1. The summed E-state index contributed by atoms with van der Waals surface area (Å²) in [6.45, 7) is 0. The van der Waals surface area contributed by atoms with Gasteiger partial charge in [-0.15, -0.1) is 0 Å². The molecule has 1 amide bonds. The Morgan fingerprint density at radius 3 is 2.42 bits per heavy atom. The Balaban J connectivity index is 1.26. The molecule has 0 saturated carbocycles. The first kappa shape index (κ1) is 24.6. The summed E-state index contributed by atoms with van der Waals surface area (Å²) in [6, 6.07) is 19.8. The molecule has 40 heavy (non-hydrogen) atoms. The van der Waals surface area contributed by atoms with Crippen LogP contribution in [0.3, 0.4) is 0 Å². The number of H-pyrrole nitrogens is 1. The maximum Gasteiger partial charge on any atom is 0.255 e. The van der Waals surface area contributed by atoms with E-state index in [9.17, 15) is 4.79 Å². The molecule has 3 aromatic carbocycles. The Bertz CT molecular complexity index is 1800. The minimum absolute atomic E-state index is 0.264. The third-order valence-corrected chi connectivity index (χ3v) is 6.10. The molecule has 3 heterocycles. The number of methoxy groups -OCH3 is 2. The highest BCUT2D eigenvalue weighted by molar-refractivity contribution is 6.05. The summed E-state index contributed by atoms with van der Waals surface area (Å²) >= 11 is 0. The van der Waals surface area contributed by atoms with E-state index in [0.29, 0.717) is 51.0 Å². The van der Waals surface area contributed by atoms with Crippen molar-refractivity contribution in [2.75, 3.05) is 24.9 Å². The molecular formula is C28H23N9O3. The van der Waals surface area contributed by atoms with Gasteiger partial charge in [0, 0.05) is 28.6 Å². The Kier molecular flexibility index (Phi) is 6.46. The molecule has 0 aliphatic carbocycles. The normalized spacial score (nSPS) is 10.8. The third kappa shape index (κ3) is 4.88. The average Bonchev–Trinajstić information content (AvgIpc) is 3.70. The van der Waals surface area contributed by atoms with Gasteiger partial charge in [-0.1, -0.05) is 12.1 Å². The van der Waals surface area contributed by atoms with Crippen molar-refractivity contribution in [3.8, 4) is 28.6 Å². The highest BCUT2D eigenvalue weighted by atomic mass is 16.5. The topological polar surface area (TPSA) is 145 Å². The molecule has 12 nitrogen and oxygen atoms in total. The van der Waals surface area contributed by atoms with Crippen LogP contribution in [0.5, 0.6) is 11.5 Å². The highest BCUT2D eigenvalue weighted by Gasteiger charge is 2.15. The largest absolute Gasteiger partial charge is 0.493 e. The molecule has 12 heteroatoms. The van der Waals surface area contributed by atoms with Crippen molar-refractivity contribution >= 4 is 34.1 Å². The van der Waals surface area contributed by atoms with Crippen LogP contribution in [0, 0.1) is 0 Å². The number of hydrogen-bond donors (Lipinski definition) is 3. The number of nitrogens with one attached hydrogen (secondary N) is 3. The molecule has 0 aliphatic rings. The van der Waals surface area contributed by atoms with Crippen LogP contribution in [0.2, 0.25) is 0 Å². The van der Waals surface area contributed by atoms with Crippen molar-refractivity contribution in [3.63, 3.8) is 0 Å². The van der Waals surface area contributed by atoms with E-state index in [1.807, 2.05) is 30.3 Å². The molecule has 0 atom stereocenters. The molecule has 6 aromatic rings. The van der Waals surface area contributed by atoms with Crippen LogP contribution in [-0.2, 0) is 0 Å². The first-order valence-corrected chi connectivity index (χ1v) is 12.2. The Hall–Kier alpha value is -5.78. The van der Waals surface area contributed by atoms with E-state index in [0.717, 1.165) is 11.4 Å². The van der Waals surface area contributed by atoms with Gasteiger partial charge in [-0.25, -0.2) is 9.97 Å². The number of carbonyl (C=O) groups excluding carboxylic acids is 1. The third-order valence-electron chi connectivity index (χ3n) is 6.10. The molecule has 0 unspecified atom stereocenters. The van der Waals surface area contributed by atoms with Gasteiger partial charge in [0.1, 0.15) is 11.0 Å². The van der Waals surface area contributed by atoms with Crippen molar-refractivity contribution in [1.29, 1.82) is 0 Å². The minimum Gasteiger partial charge on any atom is -0.493 e. The number of rotatable bonds is 8. The molecule has 0 radical (unpaired) electrons. The van der Waals surface area contributed by atoms with Gasteiger partial charge in [-0.2, -0.15) is 20.1 Å². The van der Waals surface area contributed by atoms with E-state index in [-0.39, 0.29) is 5.91 Å². The van der Waals surface area contributed by atoms with Crippen molar-refractivity contribution in [1.82, 2.24) is 35.2 Å². The highest BCUT2D eigenvalue weighted by Crippen LogP contribution is 2.32. The van der Waals surface area contributed by atoms with Crippen LogP contribution in [0.4, 0.5) is 17.2 Å². The predicted octanol–water partition coefficient (Wildman–Crippen LogP) is 4.61. The molecule has 0 aliphatic heterocycles. The second-order valence-corrected chi connectivity index (χ2v) is 8.62. The number of ether oxygens (including phenoxy) is 2. The zero-order valence-electron chi connectivity index (χ0n) is 21.5. The van der Waals surface area contributed by atoms with Gasteiger partial charge in [0.2, 0.25) is 0 Å². The summed E-state index contributed by atoms with van der Waals surface area (Å²) in [6.07, 6.45) is 4.83. The van der Waals surface area contributed by atoms with Gasteiger partial charge in [-0.3, -0.25) is 9.89 Å². The van der Waals surface area contributed by atoms with Crippen molar-refractivity contribution < 1.29 is 14.3 Å². The van der Waals surface area contributed by atoms with Crippen LogP contribution in [-0.4, -0.2) is 55.3 Å². The van der Waals surface area contributed by atoms with E-state index in [2.05, 4.69) is 36.0 Å². The fourth-order valence-corrected chi connectivity index (χ4v) is 4.14. The van der Waals surface area contributed by atoms with E-state index in [1.165, 1.54) is 4.80 Å². The lowest BCUT2D eigenvalue weighted by atomic mass is 10.1. The van der Waals surface area contributed by atoms with Crippen molar-refractivity contribution in [2.45, 2.75) is 0 Å². The zero-order valence-corrected chi connectivity index (χ0v) is 21.5. The molecule has 3 aromatic heterocycles. The summed E-state index contributed by atoms with van der Waals surface area (Å²) in [5.41, 5.74) is 4.56. The maximum atomic E-state index is 13.1. The molecule has 3 N–H and O–H groups in total. The molecule has 0 spiro atoms. The monoisotopic (exact) mass is 533 g/mol. The van der Waals surface area contributed by atoms with Gasteiger partial charge in [0.05, 0.1) is 38.5 Å². The predicted molar refractivity (Wildman–Crippen MR) is 149 cm³/mol. The van der Waals surface area contributed by atoms with Crippen molar-refractivity contribution in [2.24, 2.45) is 0 Å². The molecule has 0 saturated heterocycles. The van der Waals surface area contributed by atoms with E-state index in [4.69, 9.17) is 14.5 Å². The van der Waals surface area contributed by atoms with Crippen molar-refractivity contribution in [3.05, 3.63) is 90.9 Å². The van der Waals surface area contributed by atoms with Crippen LogP contribution in [0.25, 0.3) is 28.1 Å². The van der Waals surface area contributed by atoms with Crippen LogP contribution in [0.15, 0.2) is 85.3 Å². The van der Waals surface area contributed by atoms with E-state index in [1.54, 1.807) is 69.2 Å². The summed E-state index contributed by atoms with van der Waals surface area (Å²) in [5, 5.41) is 21.5. The number of aromatic amines is 1. The summed E-state index contributed by atoms with van der Waals surface area (Å²) in [5.74, 6) is 1.88. The van der Waals surface area contributed by atoms with Crippen LogP contribution in [0.1, 0.15) is 10.4 Å². The fraction of sp³-hybridized carbons (Fsp3) is 0.0714. The van der Waals surface area contributed by atoms with Crippen LogP contribution < -0.4 is 20.1 Å². The van der Waals surface area contributed by atoms with Gasteiger partial charge < -0.3 is 20.1 Å². The fourth-order valence-electron chi connectivity index (χ4n) is 4.14. The lowest BCUT2D eigenvalue weighted by molar-refractivity contribution is 0.102. The number of hydrogen-bond acceptors (Lipinski definition) is 9. The minimum atomic E-state index is -0.264. The van der Waals surface area contributed by atoms with Gasteiger partial charge in [0.25, 0.3) is 5.91 Å². The second-order valence-electron chi connectivity index (χ2n) is 8.62. The van der Waals surface area contributed by atoms with Gasteiger partial charge in [0.15, 0.2) is 23.1 Å². The number of aromatic nitrogens is 7. The zero-order chi connectivity index (χ0) is 27.5. The first-order valence-electron chi connectivity index (χ1n) is 12.2. The number of nitrogens with zero attached hydrogens (tertiary/aromatic N) is 6. The molecule has 0 bridgehead atoms. The lowest BCUT2D eigenvalue weighted by Gasteiger charge is -2.12. The Morgan fingerprint density at radius 2 is 1.65 bits per heavy atom. The summed E-state index contributed by atoms with van der Waals surface area (Å²) in [4.78, 5) is 24.0. The summed E-state index contributed by atoms with van der Waals surface area (Å²) < 4.78 is 10.7. The summed E-state index contributed by atoms with van der Waals surface area (Å²) in [7, 11) is 3.16. The lowest BCUT2D eigenvalue weighted by Crippen LogP contribution is -2.12. The average molecular weight is 534 g/mol. The van der Waals surface area contributed by atoms with Crippen LogP contribution >= 0.6 is 0 Å². The van der Waals surface area contributed by atoms with Gasteiger partial charge in [-0.05, 0) is 48.5 Å². The number of amides is 1. The molecule has 198 valence electrons. The number of benzene rings is 3. The smallest absolute Gasteiger partial charge is 0.255 e. The quantitative estimate of drug-likeness (QED) is 0.255. The number of carbonyl (C=O) groups is 1. The molecular weight excluding hydrogens is 510 g/mol. The SMILES string of the molecule is COc1ccc(Nc2nc(-c3cccc(C(=O)Nc4ccc(-n5nccn5)cc4)c3)nc3cn[nH]c23)cc1OC. The Labute approximate surface area is 228 Å². The molecule has 6 rings (SSSR count). The van der Waals surface area contributed by atoms with E-state index < -0.39 is 0 Å². The number of anilines is 3. The Morgan fingerprint density at radius 1 is 0.875 bits per heavy atom. The maximum absolute atomic E-state index is 13.1.